The average molecular weight is 544 g/mol. The summed E-state index contributed by atoms with van der Waals surface area (Å²) in [5.74, 6) is -0.461. The van der Waals surface area contributed by atoms with Gasteiger partial charge in [0.05, 0.1) is 27.4 Å². The molecule has 1 aromatic heterocycles. The van der Waals surface area contributed by atoms with Crippen LogP contribution in [0.5, 0.6) is 0 Å². The number of benzene rings is 3. The molecular weight excluding hydrogens is 518 g/mol. The molecule has 0 radical (unpaired) electrons. The zero-order valence-electron chi connectivity index (χ0n) is 19.9. The van der Waals surface area contributed by atoms with E-state index < -0.39 is 15.9 Å². The summed E-state index contributed by atoms with van der Waals surface area (Å²) >= 11 is 7.52. The highest BCUT2D eigenvalue weighted by Crippen LogP contribution is 2.24. The van der Waals surface area contributed by atoms with Crippen LogP contribution < -0.4 is 9.11 Å². The lowest BCUT2D eigenvalue weighted by Gasteiger charge is -2.22. The van der Waals surface area contributed by atoms with Gasteiger partial charge in [-0.25, -0.2) is 8.42 Å². The zero-order chi connectivity index (χ0) is 25.7. The van der Waals surface area contributed by atoms with E-state index in [1.54, 1.807) is 37.3 Å². The van der Waals surface area contributed by atoms with Crippen molar-refractivity contribution in [3.8, 4) is 0 Å². The predicted octanol–water partition coefficient (Wildman–Crippen LogP) is 5.35. The monoisotopic (exact) mass is 543 g/mol. The molecular formula is C26H26ClN3O4S2. The molecule has 0 aliphatic carbocycles. The van der Waals surface area contributed by atoms with Crippen molar-refractivity contribution in [2.75, 3.05) is 24.1 Å². The predicted molar refractivity (Wildman–Crippen MR) is 144 cm³/mol. The standard InChI is InChI=1S/C26H26ClN3O4S2/c1-3-30(21-8-6-5-7-9-21)36(32,33)22-13-10-19(11-14-22)25(31)28-26-29(16-17-34-4-2)23-15-12-20(27)18-24(23)35-26/h5-15,18H,3-4,16-17H2,1-2H3. The van der Waals surface area contributed by atoms with Crippen LogP contribution >= 0.6 is 22.9 Å². The zero-order valence-corrected chi connectivity index (χ0v) is 22.3. The van der Waals surface area contributed by atoms with Crippen molar-refractivity contribution >= 4 is 54.8 Å². The number of ether oxygens (including phenoxy) is 1. The van der Waals surface area contributed by atoms with E-state index in [0.29, 0.717) is 40.8 Å². The molecule has 0 aliphatic heterocycles. The van der Waals surface area contributed by atoms with Crippen LogP contribution in [0.4, 0.5) is 5.69 Å². The van der Waals surface area contributed by atoms with E-state index in [4.69, 9.17) is 16.3 Å². The first-order valence-electron chi connectivity index (χ1n) is 11.5. The topological polar surface area (TPSA) is 81.0 Å². The fraction of sp³-hybridized carbons (Fsp3) is 0.231. The van der Waals surface area contributed by atoms with Gasteiger partial charge in [0, 0.05) is 30.3 Å². The van der Waals surface area contributed by atoms with Crippen LogP contribution in [0.2, 0.25) is 5.02 Å². The Morgan fingerprint density at radius 1 is 1.06 bits per heavy atom. The van der Waals surface area contributed by atoms with E-state index in [2.05, 4.69) is 4.99 Å². The number of nitrogens with zero attached hydrogens (tertiary/aromatic N) is 3. The normalized spacial score (nSPS) is 12.2. The van der Waals surface area contributed by atoms with Gasteiger partial charge in [0.25, 0.3) is 15.9 Å². The Balaban J connectivity index is 1.65. The first-order chi connectivity index (χ1) is 17.3. The van der Waals surface area contributed by atoms with Gasteiger partial charge in [-0.15, -0.1) is 0 Å². The van der Waals surface area contributed by atoms with Crippen molar-refractivity contribution in [3.05, 3.63) is 88.2 Å². The molecule has 188 valence electrons. The van der Waals surface area contributed by atoms with Gasteiger partial charge >= 0.3 is 0 Å². The van der Waals surface area contributed by atoms with Gasteiger partial charge in [0.2, 0.25) is 0 Å². The third-order valence-electron chi connectivity index (χ3n) is 5.53. The molecule has 0 aliphatic rings. The number of amides is 1. The number of aromatic nitrogens is 1. The number of halogens is 1. The summed E-state index contributed by atoms with van der Waals surface area (Å²) in [6.07, 6.45) is 0. The van der Waals surface area contributed by atoms with Gasteiger partial charge in [-0.05, 0) is 68.4 Å². The van der Waals surface area contributed by atoms with Gasteiger partial charge in [0.15, 0.2) is 4.80 Å². The van der Waals surface area contributed by atoms with Crippen molar-refractivity contribution < 1.29 is 17.9 Å². The fourth-order valence-corrected chi connectivity index (χ4v) is 6.59. The van der Waals surface area contributed by atoms with Crippen LogP contribution in [-0.2, 0) is 21.3 Å². The fourth-order valence-electron chi connectivity index (χ4n) is 3.78. The van der Waals surface area contributed by atoms with E-state index in [1.165, 1.54) is 39.9 Å². The molecule has 3 aromatic carbocycles. The van der Waals surface area contributed by atoms with E-state index in [1.807, 2.05) is 29.7 Å². The van der Waals surface area contributed by atoms with Crippen molar-refractivity contribution in [3.63, 3.8) is 0 Å². The SMILES string of the molecule is CCOCCn1c(=NC(=O)c2ccc(S(=O)(=O)N(CC)c3ccccc3)cc2)sc2cc(Cl)ccc21. The number of carbonyl (C=O) groups excluding carboxylic acids is 1. The molecule has 4 aromatic rings. The molecule has 1 heterocycles. The van der Waals surface area contributed by atoms with E-state index in [-0.39, 0.29) is 11.4 Å². The highest BCUT2D eigenvalue weighted by Gasteiger charge is 2.23. The molecule has 0 fully saturated rings. The highest BCUT2D eigenvalue weighted by atomic mass is 35.5. The number of para-hydroxylation sites is 1. The number of fused-ring (bicyclic) bond motifs is 1. The summed E-state index contributed by atoms with van der Waals surface area (Å²) in [4.78, 5) is 18.0. The second kappa shape index (κ2) is 11.4. The Hall–Kier alpha value is -2.98. The minimum atomic E-state index is -3.78. The molecule has 0 N–H and O–H groups in total. The molecule has 0 bridgehead atoms. The Labute approximate surface area is 219 Å². The number of carbonyl (C=O) groups is 1. The molecule has 10 heteroatoms. The maximum atomic E-state index is 13.2. The van der Waals surface area contributed by atoms with Crippen molar-refractivity contribution in [2.24, 2.45) is 4.99 Å². The molecule has 36 heavy (non-hydrogen) atoms. The lowest BCUT2D eigenvalue weighted by atomic mass is 10.2. The highest BCUT2D eigenvalue weighted by molar-refractivity contribution is 7.92. The van der Waals surface area contributed by atoms with E-state index >= 15 is 0 Å². The minimum Gasteiger partial charge on any atom is -0.380 e. The van der Waals surface area contributed by atoms with Gasteiger partial charge in [-0.1, -0.05) is 41.1 Å². The van der Waals surface area contributed by atoms with Gasteiger partial charge < -0.3 is 9.30 Å². The lowest BCUT2D eigenvalue weighted by molar-refractivity contribution is 0.0996. The number of anilines is 1. The Morgan fingerprint density at radius 2 is 1.78 bits per heavy atom. The van der Waals surface area contributed by atoms with Crippen LogP contribution in [0.25, 0.3) is 10.2 Å². The molecule has 4 rings (SSSR count). The summed E-state index contributed by atoms with van der Waals surface area (Å²) in [6.45, 7) is 5.59. The summed E-state index contributed by atoms with van der Waals surface area (Å²) in [5, 5.41) is 0.604. The third kappa shape index (κ3) is 5.54. The van der Waals surface area contributed by atoms with Crippen molar-refractivity contribution in [1.82, 2.24) is 4.57 Å². The number of hydrogen-bond donors (Lipinski definition) is 0. The molecule has 0 atom stereocenters. The van der Waals surface area contributed by atoms with Crippen LogP contribution in [0, 0.1) is 0 Å². The number of hydrogen-bond acceptors (Lipinski definition) is 5. The second-order valence-electron chi connectivity index (χ2n) is 7.79. The number of thiazole rings is 1. The van der Waals surface area contributed by atoms with Crippen molar-refractivity contribution in [2.45, 2.75) is 25.3 Å². The van der Waals surface area contributed by atoms with E-state index in [9.17, 15) is 13.2 Å². The van der Waals surface area contributed by atoms with Crippen LogP contribution in [0.1, 0.15) is 24.2 Å². The smallest absolute Gasteiger partial charge is 0.279 e. The van der Waals surface area contributed by atoms with Crippen LogP contribution in [0.15, 0.2) is 82.7 Å². The summed E-state index contributed by atoms with van der Waals surface area (Å²) in [7, 11) is -3.78. The Kier molecular flexibility index (Phi) is 8.25. The van der Waals surface area contributed by atoms with Crippen LogP contribution in [-0.4, -0.2) is 38.7 Å². The maximum absolute atomic E-state index is 13.2. The molecule has 0 spiro atoms. The van der Waals surface area contributed by atoms with Crippen molar-refractivity contribution in [1.29, 1.82) is 0 Å². The van der Waals surface area contributed by atoms with Gasteiger partial charge in [-0.3, -0.25) is 9.10 Å². The Bertz CT molecular complexity index is 1530. The Morgan fingerprint density at radius 3 is 2.44 bits per heavy atom. The molecule has 0 unspecified atom stereocenters. The quantitative estimate of drug-likeness (QED) is 0.266. The summed E-state index contributed by atoms with van der Waals surface area (Å²) < 4.78 is 36.1. The first kappa shape index (κ1) is 26.1. The lowest BCUT2D eigenvalue weighted by Crippen LogP contribution is -2.30. The maximum Gasteiger partial charge on any atom is 0.279 e. The minimum absolute atomic E-state index is 0.105. The molecule has 0 saturated carbocycles. The van der Waals surface area contributed by atoms with E-state index in [0.717, 1.165) is 10.2 Å². The van der Waals surface area contributed by atoms with Gasteiger partial charge in [0.1, 0.15) is 0 Å². The summed E-state index contributed by atoms with van der Waals surface area (Å²) in [5.41, 5.74) is 1.79. The molecule has 1 amide bonds. The molecule has 7 nitrogen and oxygen atoms in total. The second-order valence-corrected chi connectivity index (χ2v) is 11.1. The average Bonchev–Trinajstić information content (AvgIpc) is 3.21. The van der Waals surface area contributed by atoms with Gasteiger partial charge in [-0.2, -0.15) is 4.99 Å². The summed E-state index contributed by atoms with van der Waals surface area (Å²) in [6, 6.07) is 20.3. The third-order valence-corrected chi connectivity index (χ3v) is 8.72. The molecule has 0 saturated heterocycles. The number of rotatable bonds is 9. The first-order valence-corrected chi connectivity index (χ1v) is 14.1. The van der Waals surface area contributed by atoms with Crippen LogP contribution in [0.3, 0.4) is 0 Å². The number of sulfonamides is 1. The largest absolute Gasteiger partial charge is 0.380 e.